The van der Waals surface area contributed by atoms with Gasteiger partial charge in [0.2, 0.25) is 0 Å². The van der Waals surface area contributed by atoms with Crippen LogP contribution < -0.4 is 11.1 Å². The molecule has 102 valence electrons. The van der Waals surface area contributed by atoms with Crippen molar-refractivity contribution in [3.8, 4) is 0 Å². The van der Waals surface area contributed by atoms with Gasteiger partial charge in [0.15, 0.2) is 5.58 Å². The van der Waals surface area contributed by atoms with Gasteiger partial charge in [-0.2, -0.15) is 4.98 Å². The lowest BCUT2D eigenvalue weighted by Crippen LogP contribution is -2.18. The standard InChI is InChI=1S/C15H21N3O/c1-10-3-2-4-12(7-5-10)17-15-18-13-9-11(16)6-8-14(13)19-15/h6,8-10,12H,2-5,7,16H2,1H3,(H,17,18). The highest BCUT2D eigenvalue weighted by Gasteiger charge is 2.17. The Hall–Kier alpha value is -1.71. The van der Waals surface area contributed by atoms with E-state index in [2.05, 4.69) is 17.2 Å². The molecule has 0 radical (unpaired) electrons. The summed E-state index contributed by atoms with van der Waals surface area (Å²) in [7, 11) is 0. The van der Waals surface area contributed by atoms with Crippen LogP contribution in [-0.4, -0.2) is 11.0 Å². The molecule has 19 heavy (non-hydrogen) atoms. The van der Waals surface area contributed by atoms with Gasteiger partial charge in [-0.3, -0.25) is 0 Å². The van der Waals surface area contributed by atoms with E-state index in [4.69, 9.17) is 10.2 Å². The van der Waals surface area contributed by atoms with Crippen LogP contribution in [-0.2, 0) is 0 Å². The van der Waals surface area contributed by atoms with Crippen molar-refractivity contribution in [3.05, 3.63) is 18.2 Å². The second-order valence-corrected chi connectivity index (χ2v) is 5.70. The molecule has 1 aliphatic rings. The quantitative estimate of drug-likeness (QED) is 0.636. The van der Waals surface area contributed by atoms with Crippen LogP contribution in [0.15, 0.2) is 22.6 Å². The summed E-state index contributed by atoms with van der Waals surface area (Å²) < 4.78 is 5.72. The molecule has 1 aromatic carbocycles. The molecule has 3 rings (SSSR count). The minimum absolute atomic E-state index is 0.482. The summed E-state index contributed by atoms with van der Waals surface area (Å²) in [6.07, 6.45) is 6.30. The molecule has 1 heterocycles. The average Bonchev–Trinajstić information content (AvgIpc) is 2.65. The molecular formula is C15H21N3O. The van der Waals surface area contributed by atoms with E-state index in [1.807, 2.05) is 18.2 Å². The Labute approximate surface area is 113 Å². The van der Waals surface area contributed by atoms with Crippen molar-refractivity contribution in [1.29, 1.82) is 0 Å². The van der Waals surface area contributed by atoms with Gasteiger partial charge in [-0.1, -0.05) is 19.8 Å². The second-order valence-electron chi connectivity index (χ2n) is 5.70. The van der Waals surface area contributed by atoms with E-state index >= 15 is 0 Å². The first-order valence-electron chi connectivity index (χ1n) is 7.13. The van der Waals surface area contributed by atoms with E-state index in [1.54, 1.807) is 0 Å². The third-order valence-corrected chi connectivity index (χ3v) is 4.00. The predicted octanol–water partition coefficient (Wildman–Crippen LogP) is 3.79. The molecule has 1 fully saturated rings. The Morgan fingerprint density at radius 3 is 3.05 bits per heavy atom. The highest BCUT2D eigenvalue weighted by atomic mass is 16.4. The molecule has 4 heteroatoms. The van der Waals surface area contributed by atoms with Gasteiger partial charge in [0.1, 0.15) is 5.52 Å². The van der Waals surface area contributed by atoms with Gasteiger partial charge in [0, 0.05) is 11.7 Å². The second kappa shape index (κ2) is 5.11. The van der Waals surface area contributed by atoms with Crippen LogP contribution in [0.25, 0.3) is 11.1 Å². The summed E-state index contributed by atoms with van der Waals surface area (Å²) >= 11 is 0. The Bertz CT molecular complexity index is 564. The number of benzene rings is 1. The summed E-state index contributed by atoms with van der Waals surface area (Å²) in [6.45, 7) is 2.34. The van der Waals surface area contributed by atoms with Gasteiger partial charge in [0.05, 0.1) is 0 Å². The van der Waals surface area contributed by atoms with Crippen molar-refractivity contribution in [2.75, 3.05) is 11.1 Å². The molecule has 1 saturated carbocycles. The van der Waals surface area contributed by atoms with Crippen LogP contribution in [0.3, 0.4) is 0 Å². The minimum Gasteiger partial charge on any atom is -0.424 e. The van der Waals surface area contributed by atoms with Crippen LogP contribution in [0.1, 0.15) is 39.0 Å². The Morgan fingerprint density at radius 1 is 1.26 bits per heavy atom. The van der Waals surface area contributed by atoms with E-state index in [-0.39, 0.29) is 0 Å². The Balaban J connectivity index is 1.73. The monoisotopic (exact) mass is 259 g/mol. The van der Waals surface area contributed by atoms with Gasteiger partial charge in [-0.15, -0.1) is 0 Å². The van der Waals surface area contributed by atoms with E-state index in [9.17, 15) is 0 Å². The van der Waals surface area contributed by atoms with Gasteiger partial charge < -0.3 is 15.5 Å². The van der Waals surface area contributed by atoms with Crippen molar-refractivity contribution < 1.29 is 4.42 Å². The maximum atomic E-state index is 5.75. The van der Waals surface area contributed by atoms with Gasteiger partial charge in [0.25, 0.3) is 6.01 Å². The number of oxazole rings is 1. The Morgan fingerprint density at radius 2 is 2.16 bits per heavy atom. The van der Waals surface area contributed by atoms with Crippen molar-refractivity contribution in [2.24, 2.45) is 5.92 Å². The molecule has 0 spiro atoms. The fourth-order valence-electron chi connectivity index (χ4n) is 2.81. The molecule has 2 unspecified atom stereocenters. The molecule has 4 nitrogen and oxygen atoms in total. The largest absolute Gasteiger partial charge is 0.424 e. The molecule has 1 aliphatic carbocycles. The first-order chi connectivity index (χ1) is 9.20. The van der Waals surface area contributed by atoms with E-state index in [0.717, 1.165) is 22.7 Å². The van der Waals surface area contributed by atoms with Crippen LogP contribution in [0.2, 0.25) is 0 Å². The third kappa shape index (κ3) is 2.83. The zero-order valence-electron chi connectivity index (χ0n) is 11.4. The lowest BCUT2D eigenvalue weighted by Gasteiger charge is -2.14. The first kappa shape index (κ1) is 12.3. The molecule has 1 aromatic heterocycles. The average molecular weight is 259 g/mol. The number of hydrogen-bond donors (Lipinski definition) is 2. The van der Waals surface area contributed by atoms with Crippen LogP contribution in [0, 0.1) is 5.92 Å². The lowest BCUT2D eigenvalue weighted by molar-refractivity contribution is 0.499. The topological polar surface area (TPSA) is 64.1 Å². The summed E-state index contributed by atoms with van der Waals surface area (Å²) in [5.74, 6) is 0.843. The fourth-order valence-corrected chi connectivity index (χ4v) is 2.81. The maximum Gasteiger partial charge on any atom is 0.295 e. The highest BCUT2D eigenvalue weighted by molar-refractivity contribution is 5.78. The minimum atomic E-state index is 0.482. The van der Waals surface area contributed by atoms with Crippen molar-refractivity contribution in [2.45, 2.75) is 45.1 Å². The molecule has 3 N–H and O–H groups in total. The van der Waals surface area contributed by atoms with Gasteiger partial charge in [-0.25, -0.2) is 0 Å². The SMILES string of the molecule is CC1CCCC(Nc2nc3cc(N)ccc3o2)CC1. The number of aromatic nitrogens is 1. The number of anilines is 2. The lowest BCUT2D eigenvalue weighted by atomic mass is 10.0. The van der Waals surface area contributed by atoms with E-state index < -0.39 is 0 Å². The number of rotatable bonds is 2. The van der Waals surface area contributed by atoms with Crippen LogP contribution >= 0.6 is 0 Å². The summed E-state index contributed by atoms with van der Waals surface area (Å²) in [4.78, 5) is 4.46. The van der Waals surface area contributed by atoms with Crippen molar-refractivity contribution >= 4 is 22.8 Å². The molecule has 0 aliphatic heterocycles. The molecule has 0 bridgehead atoms. The predicted molar refractivity (Wildman–Crippen MR) is 78.1 cm³/mol. The normalized spacial score (nSPS) is 24.3. The number of nitrogen functional groups attached to an aromatic ring is 1. The zero-order chi connectivity index (χ0) is 13.2. The number of nitrogens with two attached hydrogens (primary N) is 1. The third-order valence-electron chi connectivity index (χ3n) is 4.00. The van der Waals surface area contributed by atoms with E-state index in [1.165, 1.54) is 32.1 Å². The molecule has 0 amide bonds. The number of hydrogen-bond acceptors (Lipinski definition) is 4. The molecule has 0 saturated heterocycles. The maximum absolute atomic E-state index is 5.75. The van der Waals surface area contributed by atoms with E-state index in [0.29, 0.717) is 12.1 Å². The summed E-state index contributed by atoms with van der Waals surface area (Å²) in [6, 6.07) is 6.66. The number of fused-ring (bicyclic) bond motifs is 1. The highest BCUT2D eigenvalue weighted by Crippen LogP contribution is 2.26. The van der Waals surface area contributed by atoms with Crippen molar-refractivity contribution in [3.63, 3.8) is 0 Å². The van der Waals surface area contributed by atoms with Crippen molar-refractivity contribution in [1.82, 2.24) is 4.98 Å². The van der Waals surface area contributed by atoms with Gasteiger partial charge >= 0.3 is 0 Å². The molecular weight excluding hydrogens is 238 g/mol. The number of nitrogens with one attached hydrogen (secondary N) is 1. The van der Waals surface area contributed by atoms with Gasteiger partial charge in [-0.05, 0) is 43.4 Å². The Kier molecular flexibility index (Phi) is 3.32. The summed E-state index contributed by atoms with van der Waals surface area (Å²) in [5.41, 5.74) is 8.08. The number of nitrogens with zero attached hydrogens (tertiary/aromatic N) is 1. The molecule has 2 aromatic rings. The fraction of sp³-hybridized carbons (Fsp3) is 0.533. The first-order valence-corrected chi connectivity index (χ1v) is 7.13. The van der Waals surface area contributed by atoms with Crippen LogP contribution in [0.4, 0.5) is 11.7 Å². The summed E-state index contributed by atoms with van der Waals surface area (Å²) in [5, 5.41) is 3.43. The smallest absolute Gasteiger partial charge is 0.295 e. The zero-order valence-corrected chi connectivity index (χ0v) is 11.4. The van der Waals surface area contributed by atoms with Crippen LogP contribution in [0.5, 0.6) is 0 Å². The molecule has 2 atom stereocenters.